The van der Waals surface area contributed by atoms with Gasteiger partial charge in [-0.2, -0.15) is 0 Å². The number of hydrogen-bond donors (Lipinski definition) is 1. The molecule has 0 heterocycles. The Hall–Kier alpha value is -1.64. The number of carbonyl (C=O) groups is 2. The molecule has 0 atom stereocenters. The van der Waals surface area contributed by atoms with Crippen LogP contribution in [0.3, 0.4) is 0 Å². The van der Waals surface area contributed by atoms with Crippen molar-refractivity contribution in [3.63, 3.8) is 0 Å². The van der Waals surface area contributed by atoms with Crippen molar-refractivity contribution in [2.75, 3.05) is 0 Å². The number of ketones is 1. The molecule has 0 saturated carbocycles. The van der Waals surface area contributed by atoms with Gasteiger partial charge in [0, 0.05) is 5.56 Å². The van der Waals surface area contributed by atoms with Crippen LogP contribution in [0.1, 0.15) is 34.0 Å². The third kappa shape index (κ3) is 2.24. The lowest BCUT2D eigenvalue weighted by Crippen LogP contribution is -2.15. The van der Waals surface area contributed by atoms with E-state index >= 15 is 0 Å². The number of Topliss-reactive ketones (excluding diaryl/α,β-unsaturated/α-hetero) is 1. The van der Waals surface area contributed by atoms with E-state index in [4.69, 9.17) is 5.11 Å². The highest BCUT2D eigenvalue weighted by molar-refractivity contribution is 6.40. The van der Waals surface area contributed by atoms with E-state index < -0.39 is 11.8 Å². The number of carboxylic acids is 1. The molecule has 1 aromatic rings. The molecule has 0 aliphatic heterocycles. The molecule has 0 fully saturated rings. The summed E-state index contributed by atoms with van der Waals surface area (Å²) < 4.78 is 0. The Kier molecular flexibility index (Phi) is 3.24. The number of benzene rings is 1. The van der Waals surface area contributed by atoms with Crippen molar-refractivity contribution in [2.45, 2.75) is 27.2 Å². The number of hydrogen-bond acceptors (Lipinski definition) is 2. The van der Waals surface area contributed by atoms with Gasteiger partial charge in [-0.15, -0.1) is 0 Å². The molecule has 0 bridgehead atoms. The van der Waals surface area contributed by atoms with E-state index in [0.29, 0.717) is 12.0 Å². The summed E-state index contributed by atoms with van der Waals surface area (Å²) in [7, 11) is 0. The van der Waals surface area contributed by atoms with Crippen LogP contribution in [0.2, 0.25) is 0 Å². The molecule has 1 aromatic carbocycles. The summed E-state index contributed by atoms with van der Waals surface area (Å²) in [6.45, 7) is 5.66. The largest absolute Gasteiger partial charge is 0.475 e. The van der Waals surface area contributed by atoms with Crippen molar-refractivity contribution in [3.05, 3.63) is 34.4 Å². The first-order valence-corrected chi connectivity index (χ1v) is 4.85. The monoisotopic (exact) mass is 206 g/mol. The van der Waals surface area contributed by atoms with Crippen LogP contribution in [0.25, 0.3) is 0 Å². The first-order chi connectivity index (χ1) is 6.97. The standard InChI is InChI=1S/C12H14O3/c1-4-9-8(3)5-7(2)6-10(9)11(13)12(14)15/h5-6H,4H2,1-3H3,(H,14,15). The van der Waals surface area contributed by atoms with E-state index in [2.05, 4.69) is 0 Å². The molecule has 80 valence electrons. The summed E-state index contributed by atoms with van der Waals surface area (Å²) >= 11 is 0. The lowest BCUT2D eigenvalue weighted by molar-refractivity contribution is -0.131. The van der Waals surface area contributed by atoms with E-state index in [0.717, 1.165) is 16.7 Å². The zero-order chi connectivity index (χ0) is 11.6. The second-order valence-corrected chi connectivity index (χ2v) is 3.60. The summed E-state index contributed by atoms with van der Waals surface area (Å²) in [6, 6.07) is 3.60. The SMILES string of the molecule is CCc1c(C)cc(C)cc1C(=O)C(=O)O. The van der Waals surface area contributed by atoms with Crippen LogP contribution in [0.15, 0.2) is 12.1 Å². The van der Waals surface area contributed by atoms with Crippen LogP contribution in [-0.4, -0.2) is 16.9 Å². The summed E-state index contributed by atoms with van der Waals surface area (Å²) in [6.07, 6.45) is 0.667. The highest BCUT2D eigenvalue weighted by Crippen LogP contribution is 2.18. The fourth-order valence-electron chi connectivity index (χ4n) is 1.78. The first-order valence-electron chi connectivity index (χ1n) is 4.85. The molecule has 0 amide bonds. The number of aliphatic carboxylic acids is 1. The number of carbonyl (C=O) groups excluding carboxylic acids is 1. The minimum absolute atomic E-state index is 0.322. The summed E-state index contributed by atoms with van der Waals surface area (Å²) in [4.78, 5) is 22.1. The van der Waals surface area contributed by atoms with Gasteiger partial charge < -0.3 is 5.11 Å². The fraction of sp³-hybridized carbons (Fsp3) is 0.333. The molecular weight excluding hydrogens is 192 g/mol. The second-order valence-electron chi connectivity index (χ2n) is 3.60. The molecule has 0 saturated heterocycles. The molecule has 1 rings (SSSR count). The van der Waals surface area contributed by atoms with Crippen LogP contribution < -0.4 is 0 Å². The van der Waals surface area contributed by atoms with Gasteiger partial charge in [-0.25, -0.2) is 4.79 Å². The van der Waals surface area contributed by atoms with Gasteiger partial charge in [0.1, 0.15) is 0 Å². The molecule has 0 radical (unpaired) electrons. The van der Waals surface area contributed by atoms with Crippen LogP contribution in [0.4, 0.5) is 0 Å². The molecule has 0 unspecified atom stereocenters. The minimum atomic E-state index is -1.39. The van der Waals surface area contributed by atoms with Crippen LogP contribution >= 0.6 is 0 Å². The second kappa shape index (κ2) is 4.26. The molecule has 0 aromatic heterocycles. The van der Waals surface area contributed by atoms with E-state index in [1.165, 1.54) is 0 Å². The molecule has 15 heavy (non-hydrogen) atoms. The Labute approximate surface area is 88.7 Å². The Balaban J connectivity index is 3.38. The van der Waals surface area contributed by atoms with Crippen LogP contribution in [0.5, 0.6) is 0 Å². The van der Waals surface area contributed by atoms with Gasteiger partial charge in [0.2, 0.25) is 0 Å². The van der Waals surface area contributed by atoms with Crippen molar-refractivity contribution < 1.29 is 14.7 Å². The summed E-state index contributed by atoms with van der Waals surface area (Å²) in [5, 5.41) is 8.69. The summed E-state index contributed by atoms with van der Waals surface area (Å²) in [5.74, 6) is -2.21. The Morgan fingerprint density at radius 2 is 1.87 bits per heavy atom. The first kappa shape index (κ1) is 11.4. The van der Waals surface area contributed by atoms with Crippen molar-refractivity contribution in [3.8, 4) is 0 Å². The Morgan fingerprint density at radius 1 is 1.27 bits per heavy atom. The van der Waals surface area contributed by atoms with Crippen molar-refractivity contribution in [1.29, 1.82) is 0 Å². The molecule has 3 nitrogen and oxygen atoms in total. The van der Waals surface area contributed by atoms with Crippen molar-refractivity contribution in [2.24, 2.45) is 0 Å². The van der Waals surface area contributed by atoms with Crippen LogP contribution in [-0.2, 0) is 11.2 Å². The zero-order valence-electron chi connectivity index (χ0n) is 9.13. The Morgan fingerprint density at radius 3 is 2.33 bits per heavy atom. The molecule has 1 N–H and O–H groups in total. The number of aryl methyl sites for hydroxylation is 2. The van der Waals surface area contributed by atoms with Gasteiger partial charge in [-0.05, 0) is 37.5 Å². The molecule has 0 spiro atoms. The van der Waals surface area contributed by atoms with E-state index in [9.17, 15) is 9.59 Å². The van der Waals surface area contributed by atoms with Gasteiger partial charge in [0.25, 0.3) is 5.78 Å². The maximum Gasteiger partial charge on any atom is 0.377 e. The van der Waals surface area contributed by atoms with Crippen LogP contribution in [0, 0.1) is 13.8 Å². The highest BCUT2D eigenvalue weighted by Gasteiger charge is 2.19. The fourth-order valence-corrected chi connectivity index (χ4v) is 1.78. The summed E-state index contributed by atoms with van der Waals surface area (Å²) in [5.41, 5.74) is 3.03. The number of carboxylic acid groups (broad SMARTS) is 1. The molecular formula is C12H14O3. The normalized spacial score (nSPS) is 10.1. The third-order valence-electron chi connectivity index (χ3n) is 2.41. The third-order valence-corrected chi connectivity index (χ3v) is 2.41. The predicted molar refractivity (Wildman–Crippen MR) is 57.3 cm³/mol. The van der Waals surface area contributed by atoms with E-state index in [-0.39, 0.29) is 0 Å². The van der Waals surface area contributed by atoms with E-state index in [1.54, 1.807) is 6.07 Å². The zero-order valence-corrected chi connectivity index (χ0v) is 9.13. The minimum Gasteiger partial charge on any atom is -0.475 e. The molecule has 0 aliphatic carbocycles. The van der Waals surface area contributed by atoms with Gasteiger partial charge in [-0.3, -0.25) is 4.79 Å². The quantitative estimate of drug-likeness (QED) is 0.609. The average Bonchev–Trinajstić information content (AvgIpc) is 2.15. The lowest BCUT2D eigenvalue weighted by atomic mass is 9.94. The van der Waals surface area contributed by atoms with Gasteiger partial charge in [-0.1, -0.05) is 18.6 Å². The van der Waals surface area contributed by atoms with Gasteiger partial charge in [0.15, 0.2) is 0 Å². The Bertz CT molecular complexity index is 419. The molecule has 0 aliphatic rings. The topological polar surface area (TPSA) is 54.4 Å². The lowest BCUT2D eigenvalue weighted by Gasteiger charge is -2.09. The predicted octanol–water partition coefficient (Wildman–Crippen LogP) is 2.13. The smallest absolute Gasteiger partial charge is 0.377 e. The van der Waals surface area contributed by atoms with Gasteiger partial charge in [0.05, 0.1) is 0 Å². The van der Waals surface area contributed by atoms with Gasteiger partial charge >= 0.3 is 5.97 Å². The average molecular weight is 206 g/mol. The maximum absolute atomic E-state index is 11.4. The molecule has 3 heteroatoms. The van der Waals surface area contributed by atoms with E-state index in [1.807, 2.05) is 26.8 Å². The highest BCUT2D eigenvalue weighted by atomic mass is 16.4. The maximum atomic E-state index is 11.4. The van der Waals surface area contributed by atoms with Crippen molar-refractivity contribution in [1.82, 2.24) is 0 Å². The number of rotatable bonds is 3. The van der Waals surface area contributed by atoms with Crippen molar-refractivity contribution >= 4 is 11.8 Å².